The van der Waals surface area contributed by atoms with Crippen molar-refractivity contribution < 1.29 is 24.2 Å². The van der Waals surface area contributed by atoms with E-state index in [9.17, 15) is 9.59 Å². The molecule has 5 heteroatoms. The minimum absolute atomic E-state index is 0.167. The van der Waals surface area contributed by atoms with Crippen molar-refractivity contribution in [2.45, 2.75) is 26.9 Å². The lowest BCUT2D eigenvalue weighted by Gasteiger charge is -2.07. The number of aliphatic hydroxyl groups is 1. The largest absolute Gasteiger partial charge is 0.490 e. The molecule has 0 spiro atoms. The van der Waals surface area contributed by atoms with Gasteiger partial charge in [0, 0.05) is 17.2 Å². The summed E-state index contributed by atoms with van der Waals surface area (Å²) in [4.78, 5) is 21.4. The number of carbonyl (C=O) groups is 2. The quantitative estimate of drug-likeness (QED) is 0.377. The van der Waals surface area contributed by atoms with Crippen LogP contribution in [0.15, 0.2) is 36.4 Å². The second-order valence-electron chi connectivity index (χ2n) is 4.55. The maximum Gasteiger partial charge on any atom is 0.333 e. The highest BCUT2D eigenvalue weighted by Crippen LogP contribution is 2.10. The highest BCUT2D eigenvalue weighted by atomic mass is 16.6. The van der Waals surface area contributed by atoms with E-state index in [0.717, 1.165) is 6.29 Å². The van der Waals surface area contributed by atoms with Gasteiger partial charge in [0.05, 0.1) is 0 Å². The number of hydrogen-bond acceptors (Lipinski definition) is 5. The minimum Gasteiger partial charge on any atom is -0.490 e. The summed E-state index contributed by atoms with van der Waals surface area (Å²) in [6.45, 7) is 8.92. The molecule has 0 aliphatic rings. The van der Waals surface area contributed by atoms with Gasteiger partial charge in [-0.25, -0.2) is 4.79 Å². The first-order valence-corrected chi connectivity index (χ1v) is 6.55. The summed E-state index contributed by atoms with van der Waals surface area (Å²) in [5.41, 5.74) is 0.950. The number of esters is 1. The lowest BCUT2D eigenvalue weighted by atomic mass is 10.2. The molecule has 21 heavy (non-hydrogen) atoms. The number of hydrogen-bond donors (Lipinski definition) is 1. The average Bonchev–Trinajstić information content (AvgIpc) is 2.43. The van der Waals surface area contributed by atoms with Crippen LogP contribution in [0.1, 0.15) is 31.1 Å². The predicted octanol–water partition coefficient (Wildman–Crippen LogP) is 2.38. The third-order valence-electron chi connectivity index (χ3n) is 1.95. The predicted molar refractivity (Wildman–Crippen MR) is 80.5 cm³/mol. The Labute approximate surface area is 125 Å². The number of rotatable bonds is 6. The normalized spacial score (nSPS) is 9.38. The molecule has 0 bridgehead atoms. The number of carbonyl (C=O) groups excluding carboxylic acids is 2. The minimum atomic E-state index is -0.426. The Bertz CT molecular complexity index is 445. The maximum atomic E-state index is 11.0. The van der Waals surface area contributed by atoms with E-state index < -0.39 is 5.97 Å². The van der Waals surface area contributed by atoms with E-state index >= 15 is 0 Å². The standard InChI is InChI=1S/C13H14O4.C3H8O/c1-10(2)13(15)17-8-7-16-12-5-3-11(9-14)4-6-12;1-3(2)4/h3-6,9H,1,7-8H2,2H3;3-4H,1-2H3. The third kappa shape index (κ3) is 10.3. The summed E-state index contributed by atoms with van der Waals surface area (Å²) in [6.07, 6.45) is 0.596. The molecule has 0 saturated carbocycles. The van der Waals surface area contributed by atoms with Crippen LogP contribution in [0.5, 0.6) is 5.75 Å². The van der Waals surface area contributed by atoms with Gasteiger partial charge >= 0.3 is 5.97 Å². The van der Waals surface area contributed by atoms with E-state index in [4.69, 9.17) is 14.6 Å². The zero-order valence-electron chi connectivity index (χ0n) is 12.7. The molecule has 1 aromatic rings. The fraction of sp³-hybridized carbons (Fsp3) is 0.375. The lowest BCUT2D eigenvalue weighted by Crippen LogP contribution is -2.12. The van der Waals surface area contributed by atoms with Gasteiger partial charge < -0.3 is 14.6 Å². The monoisotopic (exact) mass is 294 g/mol. The van der Waals surface area contributed by atoms with E-state index in [-0.39, 0.29) is 19.3 Å². The van der Waals surface area contributed by atoms with Crippen molar-refractivity contribution in [2.75, 3.05) is 13.2 Å². The molecule has 0 amide bonds. The Balaban J connectivity index is 0.000000885. The van der Waals surface area contributed by atoms with Gasteiger partial charge in [0.2, 0.25) is 0 Å². The van der Waals surface area contributed by atoms with E-state index in [1.807, 2.05) is 0 Å². The van der Waals surface area contributed by atoms with Crippen LogP contribution in [0, 0.1) is 0 Å². The first kappa shape index (κ1) is 18.9. The van der Waals surface area contributed by atoms with Gasteiger partial charge in [-0.2, -0.15) is 0 Å². The molecule has 0 aliphatic carbocycles. The Kier molecular flexibility index (Phi) is 9.54. The summed E-state index contributed by atoms with van der Waals surface area (Å²) in [5.74, 6) is 0.201. The van der Waals surface area contributed by atoms with Crippen LogP contribution in [-0.2, 0) is 9.53 Å². The number of benzene rings is 1. The van der Waals surface area contributed by atoms with Gasteiger partial charge in [0.15, 0.2) is 0 Å². The van der Waals surface area contributed by atoms with Gasteiger partial charge in [-0.1, -0.05) is 6.58 Å². The molecule has 0 heterocycles. The number of ether oxygens (including phenoxy) is 2. The van der Waals surface area contributed by atoms with Crippen LogP contribution in [0.3, 0.4) is 0 Å². The number of aldehydes is 1. The molecule has 0 aliphatic heterocycles. The van der Waals surface area contributed by atoms with Crippen LogP contribution >= 0.6 is 0 Å². The molecule has 0 radical (unpaired) electrons. The van der Waals surface area contributed by atoms with Crippen molar-refractivity contribution in [1.29, 1.82) is 0 Å². The van der Waals surface area contributed by atoms with E-state index in [0.29, 0.717) is 16.9 Å². The molecule has 0 fully saturated rings. The first-order chi connectivity index (χ1) is 9.86. The molecular formula is C16H22O5. The van der Waals surface area contributed by atoms with E-state index in [2.05, 4.69) is 6.58 Å². The smallest absolute Gasteiger partial charge is 0.333 e. The van der Waals surface area contributed by atoms with Gasteiger partial charge in [0.25, 0.3) is 0 Å². The highest BCUT2D eigenvalue weighted by Gasteiger charge is 2.02. The van der Waals surface area contributed by atoms with Crippen molar-refractivity contribution in [2.24, 2.45) is 0 Å². The van der Waals surface area contributed by atoms with Crippen LogP contribution in [0.2, 0.25) is 0 Å². The van der Waals surface area contributed by atoms with Crippen molar-refractivity contribution in [1.82, 2.24) is 0 Å². The third-order valence-corrected chi connectivity index (χ3v) is 1.95. The van der Waals surface area contributed by atoms with Crippen molar-refractivity contribution in [3.8, 4) is 5.75 Å². The Morgan fingerprint density at radius 3 is 2.24 bits per heavy atom. The molecule has 1 aromatic carbocycles. The van der Waals surface area contributed by atoms with Crippen LogP contribution < -0.4 is 4.74 Å². The second-order valence-corrected chi connectivity index (χ2v) is 4.55. The number of aliphatic hydroxyl groups excluding tert-OH is 1. The average molecular weight is 294 g/mol. The molecule has 0 saturated heterocycles. The highest BCUT2D eigenvalue weighted by molar-refractivity contribution is 5.86. The summed E-state index contributed by atoms with van der Waals surface area (Å²) >= 11 is 0. The summed E-state index contributed by atoms with van der Waals surface area (Å²) in [5, 5.41) is 8.06. The SMILES string of the molecule is C=C(C)C(=O)OCCOc1ccc(C=O)cc1.CC(C)O. The van der Waals surface area contributed by atoms with E-state index in [1.165, 1.54) is 0 Å². The Hall–Kier alpha value is -2.14. The van der Waals surface area contributed by atoms with Gasteiger partial charge in [0.1, 0.15) is 25.2 Å². The van der Waals surface area contributed by atoms with Crippen molar-refractivity contribution >= 4 is 12.3 Å². The zero-order chi connectivity index (χ0) is 16.3. The summed E-state index contributed by atoms with van der Waals surface area (Å²) in [6, 6.07) is 6.68. The molecule has 0 aromatic heterocycles. The van der Waals surface area contributed by atoms with Gasteiger partial charge in [-0.15, -0.1) is 0 Å². The molecule has 1 rings (SSSR count). The lowest BCUT2D eigenvalue weighted by molar-refractivity contribution is -0.139. The summed E-state index contributed by atoms with van der Waals surface area (Å²) in [7, 11) is 0. The fourth-order valence-corrected chi connectivity index (χ4v) is 1.06. The molecule has 116 valence electrons. The first-order valence-electron chi connectivity index (χ1n) is 6.55. The van der Waals surface area contributed by atoms with Crippen LogP contribution in [0.25, 0.3) is 0 Å². The van der Waals surface area contributed by atoms with Gasteiger partial charge in [-0.3, -0.25) is 4.79 Å². The van der Waals surface area contributed by atoms with Crippen molar-refractivity contribution in [3.05, 3.63) is 42.0 Å². The molecule has 1 N–H and O–H groups in total. The summed E-state index contributed by atoms with van der Waals surface area (Å²) < 4.78 is 10.2. The van der Waals surface area contributed by atoms with E-state index in [1.54, 1.807) is 45.0 Å². The fourth-order valence-electron chi connectivity index (χ4n) is 1.06. The second kappa shape index (κ2) is 10.6. The molecule has 0 unspecified atom stereocenters. The Morgan fingerprint density at radius 1 is 1.29 bits per heavy atom. The molecular weight excluding hydrogens is 272 g/mol. The maximum absolute atomic E-state index is 11.0. The molecule has 5 nitrogen and oxygen atoms in total. The zero-order valence-corrected chi connectivity index (χ0v) is 12.7. The topological polar surface area (TPSA) is 72.8 Å². The molecule has 0 atom stereocenters. The van der Waals surface area contributed by atoms with Crippen molar-refractivity contribution in [3.63, 3.8) is 0 Å². The van der Waals surface area contributed by atoms with Crippen LogP contribution in [-0.4, -0.2) is 36.7 Å². The van der Waals surface area contributed by atoms with Crippen LogP contribution in [0.4, 0.5) is 0 Å². The Morgan fingerprint density at radius 2 is 1.81 bits per heavy atom. The van der Waals surface area contributed by atoms with Gasteiger partial charge in [-0.05, 0) is 45.0 Å².